The minimum Gasteiger partial charge on any atom is -0.497 e. The number of esters is 1. The van der Waals surface area contributed by atoms with Crippen molar-refractivity contribution in [1.29, 1.82) is 0 Å². The van der Waals surface area contributed by atoms with Crippen LogP contribution in [0.5, 0.6) is 5.75 Å². The standard InChI is InChI=1S/C15H20O4/c1-11(16)19-15(2,3)14(17)10-7-12-5-8-13(18-4)9-6-12/h5-6,8-9H,7,10H2,1-4H3. The van der Waals surface area contributed by atoms with E-state index in [0.717, 1.165) is 11.3 Å². The summed E-state index contributed by atoms with van der Waals surface area (Å²) in [5.74, 6) is 0.261. The van der Waals surface area contributed by atoms with Crippen molar-refractivity contribution in [3.05, 3.63) is 29.8 Å². The van der Waals surface area contributed by atoms with Crippen molar-refractivity contribution in [3.63, 3.8) is 0 Å². The van der Waals surface area contributed by atoms with E-state index in [4.69, 9.17) is 9.47 Å². The summed E-state index contributed by atoms with van der Waals surface area (Å²) in [6.45, 7) is 4.54. The first kappa shape index (κ1) is 15.2. The van der Waals surface area contributed by atoms with Gasteiger partial charge in [-0.15, -0.1) is 0 Å². The maximum absolute atomic E-state index is 12.0. The highest BCUT2D eigenvalue weighted by molar-refractivity contribution is 5.88. The molecule has 1 rings (SSSR count). The van der Waals surface area contributed by atoms with E-state index in [1.165, 1.54) is 6.92 Å². The van der Waals surface area contributed by atoms with Crippen molar-refractivity contribution in [2.45, 2.75) is 39.2 Å². The Bertz CT molecular complexity index is 446. The van der Waals surface area contributed by atoms with Crippen molar-refractivity contribution in [1.82, 2.24) is 0 Å². The molecule has 0 aliphatic carbocycles. The van der Waals surface area contributed by atoms with Gasteiger partial charge in [0, 0.05) is 13.3 Å². The van der Waals surface area contributed by atoms with Gasteiger partial charge in [-0.25, -0.2) is 0 Å². The molecule has 0 N–H and O–H groups in total. The lowest BCUT2D eigenvalue weighted by Gasteiger charge is -2.22. The van der Waals surface area contributed by atoms with Crippen molar-refractivity contribution < 1.29 is 19.1 Å². The van der Waals surface area contributed by atoms with Crippen LogP contribution in [0.3, 0.4) is 0 Å². The predicted octanol–water partition coefficient (Wildman–Crippen LogP) is 2.54. The number of ketones is 1. The molecule has 0 aliphatic heterocycles. The SMILES string of the molecule is COc1ccc(CCC(=O)C(C)(C)OC(C)=O)cc1. The Kier molecular flexibility index (Phi) is 5.10. The lowest BCUT2D eigenvalue weighted by Crippen LogP contribution is -2.36. The predicted molar refractivity (Wildman–Crippen MR) is 72.2 cm³/mol. The molecule has 19 heavy (non-hydrogen) atoms. The highest BCUT2D eigenvalue weighted by Crippen LogP contribution is 2.17. The Hall–Kier alpha value is -1.84. The average molecular weight is 264 g/mol. The smallest absolute Gasteiger partial charge is 0.303 e. The molecular weight excluding hydrogens is 244 g/mol. The molecule has 0 amide bonds. The van der Waals surface area contributed by atoms with Crippen molar-refractivity contribution >= 4 is 11.8 Å². The molecule has 0 fully saturated rings. The van der Waals surface area contributed by atoms with Crippen LogP contribution in [-0.2, 0) is 20.7 Å². The second-order valence-corrected chi connectivity index (χ2v) is 4.88. The summed E-state index contributed by atoms with van der Waals surface area (Å²) in [7, 11) is 1.61. The minimum atomic E-state index is -1.06. The van der Waals surface area contributed by atoms with Gasteiger partial charge in [-0.3, -0.25) is 9.59 Å². The molecular formula is C15H20O4. The summed E-state index contributed by atoms with van der Waals surface area (Å²) in [6.07, 6.45) is 0.958. The topological polar surface area (TPSA) is 52.6 Å². The van der Waals surface area contributed by atoms with Crippen molar-refractivity contribution in [2.24, 2.45) is 0 Å². The number of benzene rings is 1. The number of Topliss-reactive ketones (excluding diaryl/α,β-unsaturated/α-hetero) is 1. The van der Waals surface area contributed by atoms with E-state index in [0.29, 0.717) is 12.8 Å². The molecule has 0 saturated carbocycles. The molecule has 0 radical (unpaired) electrons. The molecule has 4 heteroatoms. The molecule has 1 aromatic rings. The number of aryl methyl sites for hydroxylation is 1. The third kappa shape index (κ3) is 4.73. The van der Waals surface area contributed by atoms with Crippen LogP contribution >= 0.6 is 0 Å². The van der Waals surface area contributed by atoms with Crippen LogP contribution in [0.4, 0.5) is 0 Å². The lowest BCUT2D eigenvalue weighted by atomic mass is 9.97. The second kappa shape index (κ2) is 6.36. The minimum absolute atomic E-state index is 0.0847. The van der Waals surface area contributed by atoms with Crippen LogP contribution in [0.25, 0.3) is 0 Å². The van der Waals surface area contributed by atoms with E-state index in [-0.39, 0.29) is 5.78 Å². The summed E-state index contributed by atoms with van der Waals surface area (Å²) in [4.78, 5) is 22.9. The molecule has 0 aliphatic rings. The van der Waals surface area contributed by atoms with Crippen LogP contribution in [0, 0.1) is 0 Å². The molecule has 1 aromatic carbocycles. The summed E-state index contributed by atoms with van der Waals surface area (Å²) in [6, 6.07) is 7.56. The molecule has 0 spiro atoms. The monoisotopic (exact) mass is 264 g/mol. The van der Waals surface area contributed by atoms with E-state index in [1.54, 1.807) is 21.0 Å². The lowest BCUT2D eigenvalue weighted by molar-refractivity contribution is -0.161. The first-order valence-electron chi connectivity index (χ1n) is 6.21. The largest absolute Gasteiger partial charge is 0.497 e. The van der Waals surface area contributed by atoms with Gasteiger partial charge in [0.15, 0.2) is 11.4 Å². The van der Waals surface area contributed by atoms with Gasteiger partial charge in [0.05, 0.1) is 7.11 Å². The number of carbonyl (C=O) groups excluding carboxylic acids is 2. The molecule has 0 atom stereocenters. The van der Waals surface area contributed by atoms with E-state index < -0.39 is 11.6 Å². The van der Waals surface area contributed by atoms with Crippen LogP contribution < -0.4 is 4.74 Å². The quantitative estimate of drug-likeness (QED) is 0.741. The molecule has 0 bridgehead atoms. The fourth-order valence-corrected chi connectivity index (χ4v) is 1.77. The van der Waals surface area contributed by atoms with Gasteiger partial charge >= 0.3 is 5.97 Å². The number of hydrogen-bond donors (Lipinski definition) is 0. The van der Waals surface area contributed by atoms with Crippen LogP contribution in [0.1, 0.15) is 32.8 Å². The summed E-state index contributed by atoms with van der Waals surface area (Å²) < 4.78 is 10.1. The Morgan fingerprint density at radius 2 is 1.74 bits per heavy atom. The van der Waals surface area contributed by atoms with E-state index in [2.05, 4.69) is 0 Å². The molecule has 0 saturated heterocycles. The Morgan fingerprint density at radius 3 is 2.21 bits per heavy atom. The zero-order chi connectivity index (χ0) is 14.5. The summed E-state index contributed by atoms with van der Waals surface area (Å²) in [5.41, 5.74) is -0.00837. The molecule has 104 valence electrons. The molecule has 0 aromatic heterocycles. The fourth-order valence-electron chi connectivity index (χ4n) is 1.77. The van der Waals surface area contributed by atoms with Crippen LogP contribution in [-0.4, -0.2) is 24.5 Å². The number of rotatable bonds is 6. The second-order valence-electron chi connectivity index (χ2n) is 4.88. The number of methoxy groups -OCH3 is 1. The Morgan fingerprint density at radius 1 is 1.16 bits per heavy atom. The number of hydrogen-bond acceptors (Lipinski definition) is 4. The van der Waals surface area contributed by atoms with Gasteiger partial charge in [0.2, 0.25) is 0 Å². The van der Waals surface area contributed by atoms with Crippen LogP contribution in [0.2, 0.25) is 0 Å². The summed E-state index contributed by atoms with van der Waals surface area (Å²) >= 11 is 0. The molecule has 0 unspecified atom stereocenters. The van der Waals surface area contributed by atoms with Gasteiger partial charge in [-0.2, -0.15) is 0 Å². The van der Waals surface area contributed by atoms with E-state index in [9.17, 15) is 9.59 Å². The third-order valence-electron chi connectivity index (χ3n) is 2.87. The first-order valence-corrected chi connectivity index (χ1v) is 6.21. The first-order chi connectivity index (χ1) is 8.85. The third-order valence-corrected chi connectivity index (χ3v) is 2.87. The zero-order valence-corrected chi connectivity index (χ0v) is 11.9. The highest BCUT2D eigenvalue weighted by atomic mass is 16.6. The number of ether oxygens (including phenoxy) is 2. The van der Waals surface area contributed by atoms with Gasteiger partial charge in [0.1, 0.15) is 5.75 Å². The van der Waals surface area contributed by atoms with Gasteiger partial charge in [-0.05, 0) is 38.0 Å². The Balaban J connectivity index is 2.55. The average Bonchev–Trinajstić information content (AvgIpc) is 2.35. The van der Waals surface area contributed by atoms with Gasteiger partial charge in [0.25, 0.3) is 0 Å². The maximum Gasteiger partial charge on any atom is 0.303 e. The normalized spacial score (nSPS) is 10.9. The highest BCUT2D eigenvalue weighted by Gasteiger charge is 2.29. The van der Waals surface area contributed by atoms with Gasteiger partial charge < -0.3 is 9.47 Å². The van der Waals surface area contributed by atoms with E-state index in [1.807, 2.05) is 24.3 Å². The van der Waals surface area contributed by atoms with Crippen LogP contribution in [0.15, 0.2) is 24.3 Å². The number of carbonyl (C=O) groups is 2. The van der Waals surface area contributed by atoms with Crippen molar-refractivity contribution in [2.75, 3.05) is 7.11 Å². The Labute approximate surface area is 113 Å². The van der Waals surface area contributed by atoms with Crippen molar-refractivity contribution in [3.8, 4) is 5.75 Å². The summed E-state index contributed by atoms with van der Waals surface area (Å²) in [5, 5.41) is 0. The molecule has 4 nitrogen and oxygen atoms in total. The maximum atomic E-state index is 12.0. The van der Waals surface area contributed by atoms with E-state index >= 15 is 0 Å². The van der Waals surface area contributed by atoms with Gasteiger partial charge in [-0.1, -0.05) is 12.1 Å². The zero-order valence-electron chi connectivity index (χ0n) is 11.9. The molecule has 0 heterocycles. The fraction of sp³-hybridized carbons (Fsp3) is 0.467.